The number of hydrogen-bond donors (Lipinski definition) is 1. The summed E-state index contributed by atoms with van der Waals surface area (Å²) in [5.41, 5.74) is 6.87. The highest BCUT2D eigenvalue weighted by molar-refractivity contribution is 7.15. The van der Waals surface area contributed by atoms with Crippen molar-refractivity contribution in [3.63, 3.8) is 0 Å². The summed E-state index contributed by atoms with van der Waals surface area (Å²) in [4.78, 5) is 17.2. The van der Waals surface area contributed by atoms with Crippen LogP contribution in [0.3, 0.4) is 0 Å². The Morgan fingerprint density at radius 3 is 2.60 bits per heavy atom. The highest BCUT2D eigenvalue weighted by atomic mass is 32.1. The second-order valence-corrected chi connectivity index (χ2v) is 10.6. The number of aromatic nitrogens is 1. The van der Waals surface area contributed by atoms with Crippen molar-refractivity contribution in [1.29, 1.82) is 0 Å². The number of hydrogen-bond acceptors (Lipinski definition) is 2. The molecule has 4 aromatic rings. The molecule has 2 aromatic carbocycles. The number of halogens is 1. The molecule has 0 spiro atoms. The number of nitrogens with zero attached hydrogens (tertiary/aromatic N) is 2. The molecule has 35 heavy (non-hydrogen) atoms. The summed E-state index contributed by atoms with van der Waals surface area (Å²) in [5.74, 6) is -0.277. The van der Waals surface area contributed by atoms with Crippen LogP contribution in [0.1, 0.15) is 57.3 Å². The molecule has 0 saturated carbocycles. The molecule has 0 fully saturated rings. The van der Waals surface area contributed by atoms with Crippen molar-refractivity contribution in [3.8, 4) is 5.00 Å². The minimum atomic E-state index is -0.317. The van der Waals surface area contributed by atoms with Crippen molar-refractivity contribution in [1.82, 2.24) is 14.8 Å². The maximum atomic E-state index is 13.8. The van der Waals surface area contributed by atoms with Crippen LogP contribution in [0, 0.1) is 12.7 Å². The van der Waals surface area contributed by atoms with E-state index in [2.05, 4.69) is 41.2 Å². The summed E-state index contributed by atoms with van der Waals surface area (Å²) in [6.07, 6.45) is 6.70. The first-order chi connectivity index (χ1) is 17.1. The first-order valence-electron chi connectivity index (χ1n) is 12.2. The van der Waals surface area contributed by atoms with Crippen LogP contribution in [0.4, 0.5) is 9.18 Å². The quantitative estimate of drug-likeness (QED) is 0.345. The van der Waals surface area contributed by atoms with Gasteiger partial charge in [-0.25, -0.2) is 9.18 Å². The lowest BCUT2D eigenvalue weighted by atomic mass is 9.95. The van der Waals surface area contributed by atoms with Crippen molar-refractivity contribution < 1.29 is 9.18 Å². The Kier molecular flexibility index (Phi) is 5.69. The van der Waals surface area contributed by atoms with Crippen LogP contribution in [0.25, 0.3) is 5.00 Å². The standard InChI is InChI=1S/C29H28FN3OS/c1-19-8-10-20(11-9-19)17-31-29(34)33-18-24-23-5-2-3-7-26(23)35-28(24)32-16-4-6-25(32)27(33)21-12-14-22(30)15-13-21/h4,6,8-16,27H,2-3,5,7,17-18H2,1H3,(H,31,34)/t27-/m1/s1. The van der Waals surface area contributed by atoms with Crippen LogP contribution in [0.2, 0.25) is 0 Å². The van der Waals surface area contributed by atoms with Gasteiger partial charge in [0.1, 0.15) is 10.8 Å². The predicted molar refractivity (Wildman–Crippen MR) is 137 cm³/mol. The number of carbonyl (C=O) groups is 1. The van der Waals surface area contributed by atoms with E-state index in [1.165, 1.54) is 51.5 Å². The van der Waals surface area contributed by atoms with E-state index >= 15 is 0 Å². The third-order valence-corrected chi connectivity index (χ3v) is 8.52. The molecule has 1 N–H and O–H groups in total. The SMILES string of the molecule is Cc1ccc(CNC(=O)N2Cc3c(sc4c3CCCC4)-n3cccc3[C@H]2c2ccc(F)cc2)cc1. The first-order valence-corrected chi connectivity index (χ1v) is 13.1. The lowest BCUT2D eigenvalue weighted by Crippen LogP contribution is -2.41. The minimum Gasteiger partial charge on any atom is -0.334 e. The van der Waals surface area contributed by atoms with Crippen LogP contribution >= 0.6 is 11.3 Å². The molecule has 3 heterocycles. The zero-order chi connectivity index (χ0) is 23.9. The van der Waals surface area contributed by atoms with Gasteiger partial charge in [-0.3, -0.25) is 0 Å². The number of fused-ring (bicyclic) bond motifs is 5. The summed E-state index contributed by atoms with van der Waals surface area (Å²) >= 11 is 1.87. The monoisotopic (exact) mass is 485 g/mol. The maximum absolute atomic E-state index is 13.8. The van der Waals surface area contributed by atoms with Crippen LogP contribution < -0.4 is 5.32 Å². The molecule has 1 aliphatic heterocycles. The van der Waals surface area contributed by atoms with Gasteiger partial charge in [0.25, 0.3) is 0 Å². The average Bonchev–Trinajstić information content (AvgIpc) is 3.46. The van der Waals surface area contributed by atoms with E-state index in [1.54, 1.807) is 12.1 Å². The lowest BCUT2D eigenvalue weighted by Gasteiger charge is -2.31. The van der Waals surface area contributed by atoms with Gasteiger partial charge in [0.2, 0.25) is 0 Å². The average molecular weight is 486 g/mol. The molecule has 2 aliphatic rings. The van der Waals surface area contributed by atoms with Crippen LogP contribution in [-0.4, -0.2) is 15.5 Å². The van der Waals surface area contributed by atoms with Gasteiger partial charge < -0.3 is 14.8 Å². The Morgan fingerprint density at radius 1 is 1.03 bits per heavy atom. The Bertz CT molecular complexity index is 1370. The highest BCUT2D eigenvalue weighted by Gasteiger charge is 2.36. The molecule has 2 aromatic heterocycles. The van der Waals surface area contributed by atoms with Gasteiger partial charge in [-0.05, 0) is 73.6 Å². The van der Waals surface area contributed by atoms with E-state index in [4.69, 9.17) is 0 Å². The number of carbonyl (C=O) groups excluding carboxylic acids is 1. The molecule has 178 valence electrons. The zero-order valence-electron chi connectivity index (χ0n) is 19.8. The van der Waals surface area contributed by atoms with Gasteiger partial charge in [-0.15, -0.1) is 11.3 Å². The first kappa shape index (κ1) is 22.1. The fourth-order valence-corrected chi connectivity index (χ4v) is 6.77. The molecule has 0 saturated heterocycles. The number of aryl methyl sites for hydroxylation is 2. The normalized spacial score (nSPS) is 16.7. The second kappa shape index (κ2) is 9.00. The third kappa shape index (κ3) is 4.06. The predicted octanol–water partition coefficient (Wildman–Crippen LogP) is 6.68. The largest absolute Gasteiger partial charge is 0.334 e. The Hall–Kier alpha value is -3.38. The third-order valence-electron chi connectivity index (χ3n) is 7.19. The second-order valence-electron chi connectivity index (χ2n) is 9.52. The van der Waals surface area contributed by atoms with E-state index in [1.807, 2.05) is 34.4 Å². The smallest absolute Gasteiger partial charge is 0.318 e. The van der Waals surface area contributed by atoms with Crippen molar-refractivity contribution in [2.45, 2.75) is 51.7 Å². The topological polar surface area (TPSA) is 37.3 Å². The fraction of sp³-hybridized carbons (Fsp3) is 0.276. The van der Waals surface area contributed by atoms with Gasteiger partial charge in [-0.2, -0.15) is 0 Å². The summed E-state index contributed by atoms with van der Waals surface area (Å²) in [5, 5.41) is 4.38. The lowest BCUT2D eigenvalue weighted by molar-refractivity contribution is 0.180. The number of thiophene rings is 1. The number of benzene rings is 2. The van der Waals surface area contributed by atoms with E-state index < -0.39 is 0 Å². The highest BCUT2D eigenvalue weighted by Crippen LogP contribution is 2.44. The number of rotatable bonds is 3. The van der Waals surface area contributed by atoms with E-state index in [-0.39, 0.29) is 17.9 Å². The zero-order valence-corrected chi connectivity index (χ0v) is 20.6. The molecular formula is C29H28FN3OS. The molecule has 0 unspecified atom stereocenters. The van der Waals surface area contributed by atoms with Gasteiger partial charge in [0.15, 0.2) is 0 Å². The molecule has 6 heteroatoms. The Labute approximate surface area is 209 Å². The van der Waals surface area contributed by atoms with E-state index in [9.17, 15) is 9.18 Å². The molecule has 1 aliphatic carbocycles. The molecule has 6 rings (SSSR count). The summed E-state index contributed by atoms with van der Waals surface area (Å²) < 4.78 is 16.1. The van der Waals surface area contributed by atoms with Crippen LogP contribution in [-0.2, 0) is 25.9 Å². The maximum Gasteiger partial charge on any atom is 0.318 e. The Balaban J connectivity index is 1.42. The van der Waals surface area contributed by atoms with Gasteiger partial charge in [0, 0.05) is 23.2 Å². The minimum absolute atomic E-state index is 0.115. The van der Waals surface area contributed by atoms with Gasteiger partial charge in [0.05, 0.1) is 18.3 Å². The molecule has 2 amide bonds. The van der Waals surface area contributed by atoms with Gasteiger partial charge in [-0.1, -0.05) is 42.0 Å². The fourth-order valence-electron chi connectivity index (χ4n) is 5.37. The molecule has 0 bridgehead atoms. The summed E-state index contributed by atoms with van der Waals surface area (Å²) in [6, 6.07) is 18.5. The molecular weight excluding hydrogens is 457 g/mol. The van der Waals surface area contributed by atoms with Gasteiger partial charge >= 0.3 is 6.03 Å². The molecule has 1 atom stereocenters. The number of amides is 2. The molecule has 0 radical (unpaired) electrons. The van der Waals surface area contributed by atoms with E-state index in [0.717, 1.165) is 29.7 Å². The van der Waals surface area contributed by atoms with Crippen molar-refractivity contribution in [2.24, 2.45) is 0 Å². The van der Waals surface area contributed by atoms with Crippen LogP contribution in [0.5, 0.6) is 0 Å². The number of nitrogens with one attached hydrogen (secondary N) is 1. The van der Waals surface area contributed by atoms with Crippen molar-refractivity contribution >= 4 is 17.4 Å². The summed E-state index contributed by atoms with van der Waals surface area (Å²) in [7, 11) is 0. The van der Waals surface area contributed by atoms with Crippen molar-refractivity contribution in [2.75, 3.05) is 0 Å². The van der Waals surface area contributed by atoms with Crippen molar-refractivity contribution in [3.05, 3.63) is 111 Å². The number of urea groups is 1. The Morgan fingerprint density at radius 2 is 1.80 bits per heavy atom. The summed E-state index contributed by atoms with van der Waals surface area (Å²) in [6.45, 7) is 3.05. The van der Waals surface area contributed by atoms with E-state index in [0.29, 0.717) is 13.1 Å². The molecule has 4 nitrogen and oxygen atoms in total. The van der Waals surface area contributed by atoms with Crippen LogP contribution in [0.15, 0.2) is 66.9 Å².